The van der Waals surface area contributed by atoms with Gasteiger partial charge in [0.2, 0.25) is 6.29 Å². The van der Waals surface area contributed by atoms with Crippen molar-refractivity contribution in [3.8, 4) is 0 Å². The van der Waals surface area contributed by atoms with Gasteiger partial charge in [0.15, 0.2) is 0 Å². The van der Waals surface area contributed by atoms with Gasteiger partial charge >= 0.3 is 0 Å². The Bertz CT molecular complexity index is 193. The Kier molecular flexibility index (Phi) is 11.6. The molecule has 0 unspecified atom stereocenters. The van der Waals surface area contributed by atoms with Gasteiger partial charge < -0.3 is 14.7 Å². The van der Waals surface area contributed by atoms with E-state index < -0.39 is 6.29 Å². The highest BCUT2D eigenvalue weighted by molar-refractivity contribution is 4.48. The molecule has 0 amide bonds. The Morgan fingerprint density at radius 1 is 0.737 bits per heavy atom. The molecule has 116 valence electrons. The van der Waals surface area contributed by atoms with Gasteiger partial charge in [-0.3, -0.25) is 0 Å². The number of hydrogen-bond acceptors (Lipinski definition) is 2. The Hall–Kier alpha value is -0.120. The van der Waals surface area contributed by atoms with Crippen molar-refractivity contribution in [3.05, 3.63) is 0 Å². The van der Waals surface area contributed by atoms with Gasteiger partial charge in [-0.1, -0.05) is 58.3 Å². The second-order valence-electron chi connectivity index (χ2n) is 6.50. The van der Waals surface area contributed by atoms with Crippen LogP contribution in [0.4, 0.5) is 0 Å². The third-order valence-corrected chi connectivity index (χ3v) is 3.77. The van der Waals surface area contributed by atoms with Crippen LogP contribution < -0.4 is 0 Å². The molecule has 0 saturated carbocycles. The Labute approximate surface area is 120 Å². The lowest BCUT2D eigenvalue weighted by Crippen LogP contribution is -2.45. The molecule has 3 heteroatoms. The molecule has 3 nitrogen and oxygen atoms in total. The number of rotatable bonds is 13. The molecule has 0 aliphatic heterocycles. The van der Waals surface area contributed by atoms with Crippen LogP contribution in [0.3, 0.4) is 0 Å². The van der Waals surface area contributed by atoms with Gasteiger partial charge in [0, 0.05) is 0 Å². The van der Waals surface area contributed by atoms with E-state index in [0.717, 1.165) is 6.54 Å². The van der Waals surface area contributed by atoms with E-state index >= 15 is 0 Å². The molecule has 0 aromatic heterocycles. The topological polar surface area (TPSA) is 40.5 Å². The molecule has 0 spiro atoms. The highest BCUT2D eigenvalue weighted by Crippen LogP contribution is 2.11. The number of likely N-dealkylation sites (N-methyl/N-ethyl adjacent to an activating group) is 1. The van der Waals surface area contributed by atoms with E-state index in [1.54, 1.807) is 0 Å². The molecule has 0 fully saturated rings. The minimum atomic E-state index is -1.18. The van der Waals surface area contributed by atoms with Gasteiger partial charge in [-0.2, -0.15) is 0 Å². The van der Waals surface area contributed by atoms with Crippen molar-refractivity contribution in [1.82, 2.24) is 0 Å². The first-order valence-corrected chi connectivity index (χ1v) is 8.16. The summed E-state index contributed by atoms with van der Waals surface area (Å²) in [7, 11) is 4.13. The normalized spacial score (nSPS) is 12.3. The summed E-state index contributed by atoms with van der Waals surface area (Å²) in [6, 6.07) is 0. The molecule has 0 rings (SSSR count). The maximum absolute atomic E-state index is 8.99. The number of unbranched alkanes of at least 4 members (excludes halogenated alkanes) is 9. The van der Waals surface area contributed by atoms with E-state index in [1.807, 2.05) is 0 Å². The minimum Gasteiger partial charge on any atom is -0.364 e. The Morgan fingerprint density at radius 2 is 1.16 bits per heavy atom. The molecule has 0 aromatic rings. The lowest BCUT2D eigenvalue weighted by atomic mass is 10.1. The van der Waals surface area contributed by atoms with E-state index in [0.29, 0.717) is 11.0 Å². The van der Waals surface area contributed by atoms with Crippen LogP contribution in [-0.4, -0.2) is 48.2 Å². The zero-order valence-corrected chi connectivity index (χ0v) is 13.4. The minimum absolute atomic E-state index is 0.428. The predicted octanol–water partition coefficient (Wildman–Crippen LogP) is 3.29. The van der Waals surface area contributed by atoms with Crippen molar-refractivity contribution >= 4 is 0 Å². The summed E-state index contributed by atoms with van der Waals surface area (Å²) in [5.41, 5.74) is 0. The Balaban J connectivity index is 3.26. The fraction of sp³-hybridized carbons (Fsp3) is 1.00. The summed E-state index contributed by atoms with van der Waals surface area (Å²) >= 11 is 0. The number of hydrogen-bond donors (Lipinski definition) is 2. The van der Waals surface area contributed by atoms with Gasteiger partial charge in [0.1, 0.15) is 6.54 Å². The highest BCUT2D eigenvalue weighted by Gasteiger charge is 2.17. The first kappa shape index (κ1) is 18.9. The monoisotopic (exact) mass is 274 g/mol. The molecule has 0 heterocycles. The second kappa shape index (κ2) is 11.7. The van der Waals surface area contributed by atoms with Crippen LogP contribution in [-0.2, 0) is 0 Å². The summed E-state index contributed by atoms with van der Waals surface area (Å²) in [5, 5.41) is 18.0. The second-order valence-corrected chi connectivity index (χ2v) is 6.50. The summed E-state index contributed by atoms with van der Waals surface area (Å²) in [5.74, 6) is 0. The molecule has 2 N–H and O–H groups in total. The molecule has 0 radical (unpaired) electrons. The Morgan fingerprint density at radius 3 is 1.58 bits per heavy atom. The van der Waals surface area contributed by atoms with E-state index in [4.69, 9.17) is 10.2 Å². The molecule has 0 aromatic carbocycles. The van der Waals surface area contributed by atoms with Crippen LogP contribution in [0.15, 0.2) is 0 Å². The summed E-state index contributed by atoms with van der Waals surface area (Å²) in [4.78, 5) is 0. The first-order chi connectivity index (χ1) is 8.98. The average molecular weight is 274 g/mol. The maximum atomic E-state index is 8.99. The number of aliphatic hydroxyl groups excluding tert-OH is 1. The van der Waals surface area contributed by atoms with Crippen molar-refractivity contribution in [1.29, 1.82) is 0 Å². The molecule has 0 saturated heterocycles. The van der Waals surface area contributed by atoms with E-state index in [2.05, 4.69) is 21.0 Å². The van der Waals surface area contributed by atoms with Crippen molar-refractivity contribution in [2.24, 2.45) is 0 Å². The van der Waals surface area contributed by atoms with Gasteiger partial charge in [-0.25, -0.2) is 0 Å². The smallest absolute Gasteiger partial charge is 0.202 e. The first-order valence-electron chi connectivity index (χ1n) is 8.16. The fourth-order valence-electron chi connectivity index (χ4n) is 2.56. The van der Waals surface area contributed by atoms with Crippen LogP contribution in [0.5, 0.6) is 0 Å². The molecule has 0 bridgehead atoms. The summed E-state index contributed by atoms with van der Waals surface area (Å²) in [6.45, 7) is 3.72. The lowest BCUT2D eigenvalue weighted by molar-refractivity contribution is -0.896. The van der Waals surface area contributed by atoms with Crippen LogP contribution >= 0.6 is 0 Å². The van der Waals surface area contributed by atoms with E-state index in [1.165, 1.54) is 64.2 Å². The standard InChI is InChI=1S/C16H36NO2/c1-4-5-6-7-8-9-10-11-12-13-14-17(2,3)15-16(18)19/h16,18-19H,4-15H2,1-3H3/q+1. The van der Waals surface area contributed by atoms with Crippen LogP contribution in [0, 0.1) is 0 Å². The van der Waals surface area contributed by atoms with Crippen LogP contribution in [0.25, 0.3) is 0 Å². The summed E-state index contributed by atoms with van der Waals surface area (Å²) < 4.78 is 0.703. The SMILES string of the molecule is CCCCCCCCCCCC[N+](C)(C)CC(O)O. The molecular weight excluding hydrogens is 238 g/mol. The van der Waals surface area contributed by atoms with E-state index in [9.17, 15) is 0 Å². The van der Waals surface area contributed by atoms with Crippen LogP contribution in [0.1, 0.15) is 71.1 Å². The molecule has 0 atom stereocenters. The molecule has 19 heavy (non-hydrogen) atoms. The van der Waals surface area contributed by atoms with Gasteiger partial charge in [-0.15, -0.1) is 0 Å². The highest BCUT2D eigenvalue weighted by atomic mass is 16.5. The number of nitrogens with zero attached hydrogens (tertiary/aromatic N) is 1. The summed E-state index contributed by atoms with van der Waals surface area (Å²) in [6.07, 6.45) is 12.3. The van der Waals surface area contributed by atoms with Gasteiger partial charge in [0.25, 0.3) is 0 Å². The third kappa shape index (κ3) is 14.1. The van der Waals surface area contributed by atoms with Crippen LogP contribution in [0.2, 0.25) is 0 Å². The average Bonchev–Trinajstić information content (AvgIpc) is 2.30. The van der Waals surface area contributed by atoms with Gasteiger partial charge in [0.05, 0.1) is 20.6 Å². The zero-order chi connectivity index (χ0) is 14.6. The fourth-order valence-corrected chi connectivity index (χ4v) is 2.56. The van der Waals surface area contributed by atoms with Crippen molar-refractivity contribution < 1.29 is 14.7 Å². The van der Waals surface area contributed by atoms with Gasteiger partial charge in [-0.05, 0) is 12.8 Å². The number of quaternary nitrogens is 1. The van der Waals surface area contributed by atoms with Crippen molar-refractivity contribution in [3.63, 3.8) is 0 Å². The quantitative estimate of drug-likeness (QED) is 0.307. The predicted molar refractivity (Wildman–Crippen MR) is 81.9 cm³/mol. The van der Waals surface area contributed by atoms with Crippen molar-refractivity contribution in [2.75, 3.05) is 27.2 Å². The maximum Gasteiger partial charge on any atom is 0.202 e. The molecule has 0 aliphatic carbocycles. The van der Waals surface area contributed by atoms with E-state index in [-0.39, 0.29) is 0 Å². The van der Waals surface area contributed by atoms with Crippen molar-refractivity contribution in [2.45, 2.75) is 77.4 Å². The zero-order valence-electron chi connectivity index (χ0n) is 13.4. The largest absolute Gasteiger partial charge is 0.364 e. The molecule has 0 aliphatic rings. The number of aliphatic hydroxyl groups is 2. The third-order valence-electron chi connectivity index (χ3n) is 3.77. The molecular formula is C16H36NO2+. The lowest BCUT2D eigenvalue weighted by Gasteiger charge is -2.30.